The number of furan rings is 1. The molecule has 0 amide bonds. The van der Waals surface area contributed by atoms with Gasteiger partial charge in [-0.3, -0.25) is 14.2 Å². The molecular formula is C25H27N3O6S. The molecule has 4 rings (SSSR count). The topological polar surface area (TPSA) is 121 Å². The molecule has 9 nitrogen and oxygen atoms in total. The van der Waals surface area contributed by atoms with Crippen molar-refractivity contribution in [2.45, 2.75) is 51.0 Å². The molecule has 0 aliphatic carbocycles. The number of aromatic nitrogens is 2. The van der Waals surface area contributed by atoms with Gasteiger partial charge in [0.05, 0.1) is 6.20 Å². The minimum atomic E-state index is -3.88. The Balaban J connectivity index is 1.69. The van der Waals surface area contributed by atoms with Crippen LogP contribution in [0.4, 0.5) is 5.69 Å². The molecule has 0 unspecified atom stereocenters. The van der Waals surface area contributed by atoms with Crippen molar-refractivity contribution >= 4 is 43.4 Å². The van der Waals surface area contributed by atoms with E-state index in [0.717, 1.165) is 38.3 Å². The lowest BCUT2D eigenvalue weighted by molar-refractivity contribution is -0.155. The Morgan fingerprint density at radius 3 is 2.51 bits per heavy atom. The number of esters is 1. The van der Waals surface area contributed by atoms with Crippen LogP contribution in [-0.2, 0) is 25.9 Å². The molecule has 1 N–H and O–H groups in total. The van der Waals surface area contributed by atoms with Gasteiger partial charge < -0.3 is 14.5 Å². The second kappa shape index (κ2) is 8.84. The zero-order valence-corrected chi connectivity index (χ0v) is 21.0. The molecule has 0 saturated heterocycles. The predicted molar refractivity (Wildman–Crippen MR) is 133 cm³/mol. The average Bonchev–Trinajstić information content (AvgIpc) is 3.12. The summed E-state index contributed by atoms with van der Waals surface area (Å²) in [5, 5.41) is 4.52. The molecular weight excluding hydrogens is 470 g/mol. The van der Waals surface area contributed by atoms with E-state index in [1.807, 2.05) is 49.4 Å². The highest BCUT2D eigenvalue weighted by atomic mass is 32.2. The molecule has 0 fully saturated rings. The largest absolute Gasteiger partial charge is 0.459 e. The second-order valence-electron chi connectivity index (χ2n) is 9.42. The average molecular weight is 498 g/mol. The number of hydrogen-bond donors (Lipinski definition) is 1. The maximum atomic E-state index is 13.2. The van der Waals surface area contributed by atoms with E-state index in [1.54, 1.807) is 20.8 Å². The summed E-state index contributed by atoms with van der Waals surface area (Å²) >= 11 is 0. The quantitative estimate of drug-likeness (QED) is 0.313. The Morgan fingerprint density at radius 2 is 1.83 bits per heavy atom. The van der Waals surface area contributed by atoms with Crippen LogP contribution in [0.25, 0.3) is 21.9 Å². The van der Waals surface area contributed by atoms with E-state index >= 15 is 0 Å². The maximum Gasteiger partial charge on any atom is 0.326 e. The molecule has 2 aromatic carbocycles. The van der Waals surface area contributed by atoms with E-state index in [0.29, 0.717) is 0 Å². The van der Waals surface area contributed by atoms with Crippen LogP contribution in [0.2, 0.25) is 0 Å². The summed E-state index contributed by atoms with van der Waals surface area (Å²) in [5.74, 6) is -0.742. The van der Waals surface area contributed by atoms with Crippen molar-refractivity contribution in [3.05, 3.63) is 64.6 Å². The molecule has 0 spiro atoms. The van der Waals surface area contributed by atoms with Crippen molar-refractivity contribution in [1.29, 1.82) is 0 Å². The zero-order chi connectivity index (χ0) is 25.5. The van der Waals surface area contributed by atoms with Gasteiger partial charge >= 0.3 is 5.97 Å². The number of fused-ring (bicyclic) bond motifs is 3. The number of nitrogens with one attached hydrogen (secondary N) is 1. The van der Waals surface area contributed by atoms with E-state index in [2.05, 4.69) is 10.3 Å². The van der Waals surface area contributed by atoms with Gasteiger partial charge in [-0.15, -0.1) is 0 Å². The van der Waals surface area contributed by atoms with Crippen LogP contribution in [-0.4, -0.2) is 35.8 Å². The van der Waals surface area contributed by atoms with Crippen molar-refractivity contribution in [1.82, 2.24) is 9.55 Å². The van der Waals surface area contributed by atoms with Crippen LogP contribution in [0.5, 0.6) is 0 Å². The molecule has 0 aliphatic rings. The fourth-order valence-corrected chi connectivity index (χ4v) is 4.64. The second-order valence-corrected chi connectivity index (χ2v) is 11.3. The first-order valence-corrected chi connectivity index (χ1v) is 12.9. The van der Waals surface area contributed by atoms with Gasteiger partial charge in [-0.05, 0) is 51.5 Å². The molecule has 0 saturated carbocycles. The Labute approximate surface area is 202 Å². The highest BCUT2D eigenvalue weighted by molar-refractivity contribution is 7.90. The Kier molecular flexibility index (Phi) is 6.18. The maximum absolute atomic E-state index is 13.2. The number of sulfone groups is 1. The Hall–Kier alpha value is -3.66. The third-order valence-electron chi connectivity index (χ3n) is 5.32. The van der Waals surface area contributed by atoms with Gasteiger partial charge in [-0.1, -0.05) is 24.3 Å². The number of ether oxygens (including phenoxy) is 1. The van der Waals surface area contributed by atoms with Crippen molar-refractivity contribution in [3.8, 4) is 0 Å². The lowest BCUT2D eigenvalue weighted by Crippen LogP contribution is -2.34. The standard InChI is InChI=1S/C25H27N3O6S/c1-15(16-10-11-21-18(12-16)17-8-6-7-9-20(17)33-21)27-19-13-26-24(35(5,31)32)28(23(19)30)14-22(29)34-25(2,3)4/h6-13,15,27H,14H2,1-5H3/t15-/m1/s1. The third kappa shape index (κ3) is 5.22. The van der Waals surface area contributed by atoms with Gasteiger partial charge in [-0.25, -0.2) is 13.4 Å². The van der Waals surface area contributed by atoms with E-state index in [1.165, 1.54) is 6.20 Å². The first-order chi connectivity index (χ1) is 16.3. The summed E-state index contributed by atoms with van der Waals surface area (Å²) in [6.45, 7) is 6.34. The molecule has 0 bridgehead atoms. The molecule has 2 heterocycles. The molecule has 0 radical (unpaired) electrons. The number of benzene rings is 2. The number of nitrogens with zero attached hydrogens (tertiary/aromatic N) is 2. The van der Waals surface area contributed by atoms with Crippen molar-refractivity contribution < 1.29 is 22.4 Å². The Morgan fingerprint density at radius 1 is 1.14 bits per heavy atom. The number of carbonyl (C=O) groups excluding carboxylic acids is 1. The van der Waals surface area contributed by atoms with Gasteiger partial charge in [0.2, 0.25) is 15.0 Å². The smallest absolute Gasteiger partial charge is 0.326 e. The van der Waals surface area contributed by atoms with Crippen molar-refractivity contribution in [2.75, 3.05) is 11.6 Å². The molecule has 0 aliphatic heterocycles. The van der Waals surface area contributed by atoms with Gasteiger partial charge in [0.15, 0.2) is 0 Å². The van der Waals surface area contributed by atoms with E-state index < -0.39 is 38.7 Å². The van der Waals surface area contributed by atoms with Crippen LogP contribution in [0.15, 0.2) is 63.0 Å². The molecule has 1 atom stereocenters. The van der Waals surface area contributed by atoms with Gasteiger partial charge in [-0.2, -0.15) is 0 Å². The minimum absolute atomic E-state index is 0.0607. The van der Waals surface area contributed by atoms with Crippen molar-refractivity contribution in [3.63, 3.8) is 0 Å². The lowest BCUT2D eigenvalue weighted by atomic mass is 10.0. The van der Waals surface area contributed by atoms with E-state index in [4.69, 9.17) is 9.15 Å². The normalized spacial score (nSPS) is 13.2. The fraction of sp³-hybridized carbons (Fsp3) is 0.320. The van der Waals surface area contributed by atoms with Gasteiger partial charge in [0, 0.05) is 23.1 Å². The molecule has 184 valence electrons. The Bertz CT molecular complexity index is 1600. The monoisotopic (exact) mass is 497 g/mol. The fourth-order valence-electron chi connectivity index (χ4n) is 3.84. The number of rotatable bonds is 6. The first kappa shape index (κ1) is 24.5. The lowest BCUT2D eigenvalue weighted by Gasteiger charge is -2.21. The van der Waals surface area contributed by atoms with Gasteiger partial charge in [0.25, 0.3) is 5.56 Å². The summed E-state index contributed by atoms with van der Waals surface area (Å²) in [7, 11) is -3.88. The number of hydrogen-bond acceptors (Lipinski definition) is 8. The third-order valence-corrected chi connectivity index (χ3v) is 6.31. The molecule has 10 heteroatoms. The van der Waals surface area contributed by atoms with E-state index in [-0.39, 0.29) is 11.7 Å². The number of carbonyl (C=O) groups is 1. The first-order valence-electron chi connectivity index (χ1n) is 11.0. The minimum Gasteiger partial charge on any atom is -0.459 e. The number of anilines is 1. The molecule has 4 aromatic rings. The number of para-hydroxylation sites is 1. The SMILES string of the molecule is C[C@@H](Nc1cnc(S(C)(=O)=O)n(CC(=O)OC(C)(C)C)c1=O)c1ccc2oc3ccccc3c2c1. The summed E-state index contributed by atoms with van der Waals surface area (Å²) in [6.07, 6.45) is 2.10. The van der Waals surface area contributed by atoms with Crippen molar-refractivity contribution in [2.24, 2.45) is 0 Å². The van der Waals surface area contributed by atoms with Crippen LogP contribution in [0, 0.1) is 0 Å². The molecule has 2 aromatic heterocycles. The van der Waals surface area contributed by atoms with E-state index in [9.17, 15) is 18.0 Å². The highest BCUT2D eigenvalue weighted by Crippen LogP contribution is 2.31. The van der Waals surface area contributed by atoms with Crippen LogP contribution in [0.3, 0.4) is 0 Å². The van der Waals surface area contributed by atoms with Gasteiger partial charge in [0.1, 0.15) is 29.0 Å². The van der Waals surface area contributed by atoms with Crippen LogP contribution in [0.1, 0.15) is 39.3 Å². The van der Waals surface area contributed by atoms with Crippen LogP contribution < -0.4 is 10.9 Å². The summed E-state index contributed by atoms with van der Waals surface area (Å²) in [5.41, 5.74) is 0.999. The predicted octanol–water partition coefficient (Wildman–Crippen LogP) is 4.06. The summed E-state index contributed by atoms with van der Waals surface area (Å²) in [4.78, 5) is 29.6. The summed E-state index contributed by atoms with van der Waals surface area (Å²) in [6, 6.07) is 13.1. The molecule has 35 heavy (non-hydrogen) atoms. The highest BCUT2D eigenvalue weighted by Gasteiger charge is 2.24. The van der Waals surface area contributed by atoms with Crippen LogP contribution >= 0.6 is 0 Å². The zero-order valence-electron chi connectivity index (χ0n) is 20.2. The summed E-state index contributed by atoms with van der Waals surface area (Å²) < 4.78 is 36.4.